The summed E-state index contributed by atoms with van der Waals surface area (Å²) in [5.74, 6) is 0.486. The number of phenols is 1. The van der Waals surface area contributed by atoms with E-state index in [1.807, 2.05) is 0 Å². The Balaban J connectivity index is 1.87. The lowest BCUT2D eigenvalue weighted by atomic mass is 9.94. The zero-order chi connectivity index (χ0) is 18.7. The van der Waals surface area contributed by atoms with Crippen LogP contribution >= 0.6 is 0 Å². The maximum Gasteiger partial charge on any atom is 0.336 e. The van der Waals surface area contributed by atoms with Gasteiger partial charge in [0.15, 0.2) is 0 Å². The van der Waals surface area contributed by atoms with E-state index < -0.39 is 5.63 Å². The third kappa shape index (κ3) is 3.97. The van der Waals surface area contributed by atoms with E-state index in [1.165, 1.54) is 23.3 Å². The van der Waals surface area contributed by atoms with Crippen molar-refractivity contribution in [1.29, 1.82) is 0 Å². The SMILES string of the molecule is CCc1ccc([C@H](NCc2cc(=O)oc3cc(O)ccc23)C(C)C)cc1. The van der Waals surface area contributed by atoms with Crippen molar-refractivity contribution in [2.75, 3.05) is 0 Å². The van der Waals surface area contributed by atoms with Crippen LogP contribution in [-0.4, -0.2) is 5.11 Å². The van der Waals surface area contributed by atoms with Crippen molar-refractivity contribution in [1.82, 2.24) is 5.32 Å². The van der Waals surface area contributed by atoms with Crippen LogP contribution in [0.3, 0.4) is 0 Å². The van der Waals surface area contributed by atoms with Crippen molar-refractivity contribution in [3.63, 3.8) is 0 Å². The maximum absolute atomic E-state index is 11.9. The van der Waals surface area contributed by atoms with Crippen molar-refractivity contribution in [2.24, 2.45) is 5.92 Å². The summed E-state index contributed by atoms with van der Waals surface area (Å²) in [4.78, 5) is 11.9. The minimum Gasteiger partial charge on any atom is -0.508 e. The van der Waals surface area contributed by atoms with Gasteiger partial charge in [-0.15, -0.1) is 0 Å². The van der Waals surface area contributed by atoms with Gasteiger partial charge in [-0.1, -0.05) is 45.0 Å². The number of hydrogen-bond donors (Lipinski definition) is 2. The Bertz CT molecular complexity index is 942. The van der Waals surface area contributed by atoms with Gasteiger partial charge in [0.2, 0.25) is 0 Å². The van der Waals surface area contributed by atoms with Crippen LogP contribution in [0.25, 0.3) is 11.0 Å². The first kappa shape index (κ1) is 18.2. The lowest BCUT2D eigenvalue weighted by Crippen LogP contribution is -2.26. The summed E-state index contributed by atoms with van der Waals surface area (Å²) in [7, 11) is 0. The quantitative estimate of drug-likeness (QED) is 0.640. The van der Waals surface area contributed by atoms with E-state index in [1.54, 1.807) is 12.1 Å². The number of phenolic OH excluding ortho intramolecular Hbond substituents is 1. The highest BCUT2D eigenvalue weighted by Crippen LogP contribution is 2.25. The zero-order valence-corrected chi connectivity index (χ0v) is 15.5. The van der Waals surface area contributed by atoms with E-state index in [-0.39, 0.29) is 11.8 Å². The van der Waals surface area contributed by atoms with Gasteiger partial charge in [0.25, 0.3) is 0 Å². The Morgan fingerprint density at radius 3 is 2.46 bits per heavy atom. The summed E-state index contributed by atoms with van der Waals surface area (Å²) >= 11 is 0. The summed E-state index contributed by atoms with van der Waals surface area (Å²) in [6.45, 7) is 7.06. The molecule has 0 aliphatic heterocycles. The molecule has 136 valence electrons. The third-order valence-electron chi connectivity index (χ3n) is 4.74. The molecule has 0 bridgehead atoms. The van der Waals surface area contributed by atoms with Gasteiger partial charge in [-0.3, -0.25) is 0 Å². The van der Waals surface area contributed by atoms with E-state index in [0.29, 0.717) is 18.0 Å². The molecule has 0 saturated carbocycles. The van der Waals surface area contributed by atoms with Crippen LogP contribution in [0.5, 0.6) is 5.75 Å². The molecular formula is C22H25NO3. The van der Waals surface area contributed by atoms with Crippen LogP contribution in [0, 0.1) is 5.92 Å². The molecule has 0 fully saturated rings. The first-order valence-corrected chi connectivity index (χ1v) is 9.06. The van der Waals surface area contributed by atoms with Crippen molar-refractivity contribution in [3.05, 3.63) is 75.6 Å². The van der Waals surface area contributed by atoms with Crippen molar-refractivity contribution in [2.45, 2.75) is 39.8 Å². The number of benzene rings is 2. The number of nitrogens with one attached hydrogen (secondary N) is 1. The predicted octanol–water partition coefficient (Wildman–Crippen LogP) is 4.55. The third-order valence-corrected chi connectivity index (χ3v) is 4.74. The molecule has 0 aliphatic carbocycles. The maximum atomic E-state index is 11.9. The molecule has 0 amide bonds. The first-order chi connectivity index (χ1) is 12.5. The molecule has 0 unspecified atom stereocenters. The fourth-order valence-electron chi connectivity index (χ4n) is 3.28. The fraction of sp³-hybridized carbons (Fsp3) is 0.318. The molecule has 0 spiro atoms. The van der Waals surface area contributed by atoms with Crippen LogP contribution < -0.4 is 10.9 Å². The van der Waals surface area contributed by atoms with E-state index in [0.717, 1.165) is 17.4 Å². The van der Waals surface area contributed by atoms with Crippen molar-refractivity contribution < 1.29 is 9.52 Å². The number of fused-ring (bicyclic) bond motifs is 1. The number of rotatable bonds is 6. The normalized spacial score (nSPS) is 12.6. The van der Waals surface area contributed by atoms with E-state index in [9.17, 15) is 9.90 Å². The van der Waals surface area contributed by atoms with Crippen LogP contribution in [0.1, 0.15) is 43.5 Å². The molecule has 4 nitrogen and oxygen atoms in total. The van der Waals surface area contributed by atoms with Crippen LogP contribution in [0.15, 0.2) is 57.7 Å². The van der Waals surface area contributed by atoms with Crippen LogP contribution in [0.2, 0.25) is 0 Å². The molecule has 0 saturated heterocycles. The van der Waals surface area contributed by atoms with Crippen LogP contribution in [0.4, 0.5) is 0 Å². The summed E-state index contributed by atoms with van der Waals surface area (Å²) in [6, 6.07) is 15.2. The van der Waals surface area contributed by atoms with Crippen molar-refractivity contribution in [3.8, 4) is 5.75 Å². The fourth-order valence-corrected chi connectivity index (χ4v) is 3.28. The lowest BCUT2D eigenvalue weighted by Gasteiger charge is -2.23. The molecule has 2 N–H and O–H groups in total. The van der Waals surface area contributed by atoms with E-state index in [2.05, 4.69) is 50.4 Å². The Morgan fingerprint density at radius 2 is 1.81 bits per heavy atom. The molecule has 1 heterocycles. The van der Waals surface area contributed by atoms with Gasteiger partial charge in [0.1, 0.15) is 11.3 Å². The molecule has 0 aliphatic rings. The summed E-state index contributed by atoms with van der Waals surface area (Å²) in [5, 5.41) is 14.0. The molecular weight excluding hydrogens is 326 g/mol. The average molecular weight is 351 g/mol. The van der Waals surface area contributed by atoms with Gasteiger partial charge in [-0.25, -0.2) is 4.79 Å². The molecule has 0 radical (unpaired) electrons. The number of aromatic hydroxyl groups is 1. The molecule has 3 rings (SSSR count). The largest absolute Gasteiger partial charge is 0.508 e. The summed E-state index contributed by atoms with van der Waals surface area (Å²) in [5.41, 5.74) is 3.42. The molecule has 1 aromatic heterocycles. The highest BCUT2D eigenvalue weighted by Gasteiger charge is 2.16. The topological polar surface area (TPSA) is 62.5 Å². The predicted molar refractivity (Wildman–Crippen MR) is 104 cm³/mol. The minimum atomic E-state index is -0.409. The van der Waals surface area contributed by atoms with Gasteiger partial charge >= 0.3 is 5.63 Å². The second-order valence-electron chi connectivity index (χ2n) is 6.97. The Morgan fingerprint density at radius 1 is 1.08 bits per heavy atom. The Labute approximate surface area is 153 Å². The second kappa shape index (κ2) is 7.75. The molecule has 2 aromatic carbocycles. The standard InChI is InChI=1S/C22H25NO3/c1-4-15-5-7-16(8-6-15)22(14(2)3)23-13-17-11-21(25)26-20-12-18(24)9-10-19(17)20/h5-12,14,22-24H,4,13H2,1-3H3/t22-/m1/s1. The Kier molecular flexibility index (Phi) is 5.43. The smallest absolute Gasteiger partial charge is 0.336 e. The van der Waals surface area contributed by atoms with Gasteiger partial charge in [-0.05, 0) is 41.2 Å². The highest BCUT2D eigenvalue weighted by molar-refractivity contribution is 5.81. The van der Waals surface area contributed by atoms with E-state index >= 15 is 0 Å². The molecule has 4 heteroatoms. The molecule has 26 heavy (non-hydrogen) atoms. The van der Waals surface area contributed by atoms with Crippen molar-refractivity contribution >= 4 is 11.0 Å². The van der Waals surface area contributed by atoms with Gasteiger partial charge in [0.05, 0.1) is 0 Å². The number of hydrogen-bond acceptors (Lipinski definition) is 4. The Hall–Kier alpha value is -2.59. The number of aryl methyl sites for hydroxylation is 1. The first-order valence-electron chi connectivity index (χ1n) is 9.06. The van der Waals surface area contributed by atoms with E-state index in [4.69, 9.17) is 4.42 Å². The lowest BCUT2D eigenvalue weighted by molar-refractivity contribution is 0.410. The highest BCUT2D eigenvalue weighted by atomic mass is 16.4. The second-order valence-corrected chi connectivity index (χ2v) is 6.97. The van der Waals surface area contributed by atoms with Crippen LogP contribution in [-0.2, 0) is 13.0 Å². The van der Waals surface area contributed by atoms with Gasteiger partial charge < -0.3 is 14.8 Å². The summed E-state index contributed by atoms with van der Waals surface area (Å²) in [6.07, 6.45) is 1.03. The van der Waals surface area contributed by atoms with Gasteiger partial charge in [-0.2, -0.15) is 0 Å². The van der Waals surface area contributed by atoms with Gasteiger partial charge in [0, 0.05) is 30.1 Å². The zero-order valence-electron chi connectivity index (χ0n) is 15.5. The minimum absolute atomic E-state index is 0.0850. The molecule has 3 aromatic rings. The summed E-state index contributed by atoms with van der Waals surface area (Å²) < 4.78 is 5.20. The monoisotopic (exact) mass is 351 g/mol. The average Bonchev–Trinajstić information content (AvgIpc) is 2.61. The molecule has 1 atom stereocenters.